The van der Waals surface area contributed by atoms with Crippen LogP contribution in [0.4, 0.5) is 3.89 Å². The van der Waals surface area contributed by atoms with Gasteiger partial charge in [-0.15, -0.1) is 3.89 Å². The molecule has 4 nitrogen and oxygen atoms in total. The third kappa shape index (κ3) is 7.56. The molecule has 1 saturated heterocycles. The van der Waals surface area contributed by atoms with Gasteiger partial charge in [0.2, 0.25) is 5.91 Å². The second-order valence-electron chi connectivity index (χ2n) is 6.32. The summed E-state index contributed by atoms with van der Waals surface area (Å²) in [4.78, 5) is 13.1. The van der Waals surface area contributed by atoms with Crippen LogP contribution < -0.4 is 0 Å². The van der Waals surface area contributed by atoms with Crippen molar-refractivity contribution < 1.29 is 17.1 Å². The van der Waals surface area contributed by atoms with E-state index in [0.717, 1.165) is 19.3 Å². The fourth-order valence-corrected chi connectivity index (χ4v) is 3.63. The van der Waals surface area contributed by atoms with E-state index in [1.54, 1.807) is 0 Å². The van der Waals surface area contributed by atoms with Gasteiger partial charge < -0.3 is 4.90 Å². The maximum Gasteiger partial charge on any atom is 0.307 e. The molecule has 0 saturated carbocycles. The van der Waals surface area contributed by atoms with Crippen LogP contribution in [-0.2, 0) is 15.0 Å². The Bertz CT molecular complexity index is 425. The van der Waals surface area contributed by atoms with E-state index in [-0.39, 0.29) is 18.9 Å². The lowest BCUT2D eigenvalue weighted by molar-refractivity contribution is -0.127. The van der Waals surface area contributed by atoms with Crippen molar-refractivity contribution in [2.24, 2.45) is 0 Å². The molecule has 1 aliphatic rings. The smallest absolute Gasteiger partial charge is 0.307 e. The summed E-state index contributed by atoms with van der Waals surface area (Å²) in [7, 11) is -4.58. The quantitative estimate of drug-likeness (QED) is 0.402. The van der Waals surface area contributed by atoms with E-state index in [1.807, 2.05) is 0 Å². The highest BCUT2D eigenvalue weighted by molar-refractivity contribution is 7.87. The minimum absolute atomic E-state index is 0.0229. The molecular weight excluding hydrogens is 305 g/mol. The first-order chi connectivity index (χ1) is 10.4. The fourth-order valence-electron chi connectivity index (χ4n) is 2.93. The van der Waals surface area contributed by atoms with Crippen molar-refractivity contribution in [1.29, 1.82) is 0 Å². The number of halogens is 1. The molecule has 130 valence electrons. The van der Waals surface area contributed by atoms with Crippen LogP contribution in [0.15, 0.2) is 0 Å². The molecule has 1 fully saturated rings. The van der Waals surface area contributed by atoms with Crippen LogP contribution in [0.5, 0.6) is 0 Å². The predicted octanol–water partition coefficient (Wildman–Crippen LogP) is 3.81. The summed E-state index contributed by atoms with van der Waals surface area (Å²) < 4.78 is 34.5. The topological polar surface area (TPSA) is 54.5 Å². The Labute approximate surface area is 134 Å². The highest BCUT2D eigenvalue weighted by Gasteiger charge is 2.37. The Morgan fingerprint density at radius 3 is 1.95 bits per heavy atom. The van der Waals surface area contributed by atoms with Crippen LogP contribution in [0.25, 0.3) is 0 Å². The number of nitrogens with zero attached hydrogens (tertiary/aromatic N) is 1. The Kier molecular flexibility index (Phi) is 8.98. The zero-order valence-electron chi connectivity index (χ0n) is 13.7. The lowest BCUT2D eigenvalue weighted by atomic mass is 10.1. The number of carbonyl (C=O) groups excluding carboxylic acids is 1. The summed E-state index contributed by atoms with van der Waals surface area (Å²) >= 11 is 0. The molecule has 1 heterocycles. The first-order valence-corrected chi connectivity index (χ1v) is 10.1. The van der Waals surface area contributed by atoms with Crippen molar-refractivity contribution >= 4 is 16.1 Å². The van der Waals surface area contributed by atoms with Gasteiger partial charge in [-0.2, -0.15) is 8.42 Å². The summed E-state index contributed by atoms with van der Waals surface area (Å²) in [5, 5.41) is -1.15. The molecular formula is C16H30FNO3S. The average molecular weight is 335 g/mol. The first-order valence-electron chi connectivity index (χ1n) is 8.66. The monoisotopic (exact) mass is 335 g/mol. The lowest BCUT2D eigenvalue weighted by Crippen LogP contribution is -2.28. The normalized spacial score (nSPS) is 19.1. The summed E-state index contributed by atoms with van der Waals surface area (Å²) in [6.07, 6.45) is 12.0. The summed E-state index contributed by atoms with van der Waals surface area (Å²) in [6, 6.07) is 0. The van der Waals surface area contributed by atoms with Gasteiger partial charge in [-0.25, -0.2) is 0 Å². The number of unbranched alkanes of at least 4 members (excludes halogenated alkanes) is 9. The molecule has 1 unspecified atom stereocenters. The van der Waals surface area contributed by atoms with Gasteiger partial charge in [-0.1, -0.05) is 64.7 Å². The molecule has 0 aromatic rings. The average Bonchev–Trinajstić information content (AvgIpc) is 2.82. The van der Waals surface area contributed by atoms with Gasteiger partial charge in [0, 0.05) is 19.5 Å². The number of rotatable bonds is 12. The molecule has 1 aliphatic heterocycles. The zero-order chi connectivity index (χ0) is 16.4. The molecule has 0 aliphatic carbocycles. The van der Waals surface area contributed by atoms with Gasteiger partial charge in [0.15, 0.2) is 0 Å². The van der Waals surface area contributed by atoms with Gasteiger partial charge in [0.1, 0.15) is 5.25 Å². The van der Waals surface area contributed by atoms with Crippen LogP contribution in [0.2, 0.25) is 0 Å². The number of carbonyl (C=O) groups is 1. The van der Waals surface area contributed by atoms with E-state index in [2.05, 4.69) is 6.92 Å². The SMILES string of the molecule is CCCCCCCCCCCCN1CC(S(=O)(=O)F)CC1=O. The molecule has 0 bridgehead atoms. The predicted molar refractivity (Wildman–Crippen MR) is 86.9 cm³/mol. The molecule has 1 rings (SSSR count). The molecule has 0 aromatic carbocycles. The van der Waals surface area contributed by atoms with Crippen molar-refractivity contribution in [3.8, 4) is 0 Å². The van der Waals surface area contributed by atoms with Crippen LogP contribution in [0.1, 0.15) is 77.6 Å². The van der Waals surface area contributed by atoms with Gasteiger partial charge in [0.05, 0.1) is 0 Å². The van der Waals surface area contributed by atoms with E-state index in [1.165, 1.54) is 49.8 Å². The molecule has 1 atom stereocenters. The Balaban J connectivity index is 2.00. The Morgan fingerprint density at radius 2 is 1.50 bits per heavy atom. The number of likely N-dealkylation sites (tertiary alicyclic amines) is 1. The van der Waals surface area contributed by atoms with E-state index >= 15 is 0 Å². The van der Waals surface area contributed by atoms with Crippen LogP contribution in [0.3, 0.4) is 0 Å². The van der Waals surface area contributed by atoms with E-state index in [0.29, 0.717) is 6.54 Å². The molecule has 0 aromatic heterocycles. The first kappa shape index (κ1) is 19.4. The molecule has 0 N–H and O–H groups in total. The minimum Gasteiger partial charge on any atom is -0.341 e. The van der Waals surface area contributed by atoms with Gasteiger partial charge in [0.25, 0.3) is 0 Å². The van der Waals surface area contributed by atoms with Crippen molar-refractivity contribution in [3.05, 3.63) is 0 Å². The third-order valence-corrected chi connectivity index (χ3v) is 5.47. The number of hydrogen-bond acceptors (Lipinski definition) is 3. The second kappa shape index (κ2) is 10.2. The zero-order valence-corrected chi connectivity index (χ0v) is 14.5. The molecule has 0 radical (unpaired) electrons. The molecule has 1 amide bonds. The maximum absolute atomic E-state index is 12.9. The fraction of sp³-hybridized carbons (Fsp3) is 0.938. The standard InChI is InChI=1S/C16H30FNO3S/c1-2-3-4-5-6-7-8-9-10-11-12-18-14-15(13-16(18)19)22(17,20)21/h15H,2-14H2,1H3. The van der Waals surface area contributed by atoms with E-state index < -0.39 is 15.5 Å². The Hall–Kier alpha value is -0.650. The van der Waals surface area contributed by atoms with Gasteiger partial charge in [-0.3, -0.25) is 4.79 Å². The van der Waals surface area contributed by atoms with Crippen molar-refractivity contribution in [3.63, 3.8) is 0 Å². The number of amides is 1. The van der Waals surface area contributed by atoms with Crippen LogP contribution in [-0.4, -0.2) is 37.6 Å². The summed E-state index contributed by atoms with van der Waals surface area (Å²) in [6.45, 7) is 2.80. The summed E-state index contributed by atoms with van der Waals surface area (Å²) in [5.41, 5.74) is 0. The van der Waals surface area contributed by atoms with Crippen molar-refractivity contribution in [2.75, 3.05) is 13.1 Å². The highest BCUT2D eigenvalue weighted by Crippen LogP contribution is 2.20. The summed E-state index contributed by atoms with van der Waals surface area (Å²) in [5.74, 6) is -0.234. The van der Waals surface area contributed by atoms with Crippen molar-refractivity contribution in [2.45, 2.75) is 82.8 Å². The number of hydrogen-bond donors (Lipinski definition) is 0. The molecule has 22 heavy (non-hydrogen) atoms. The largest absolute Gasteiger partial charge is 0.341 e. The third-order valence-electron chi connectivity index (χ3n) is 4.36. The minimum atomic E-state index is -4.58. The maximum atomic E-state index is 12.9. The Morgan fingerprint density at radius 1 is 1.00 bits per heavy atom. The van der Waals surface area contributed by atoms with Crippen molar-refractivity contribution in [1.82, 2.24) is 4.90 Å². The van der Waals surface area contributed by atoms with Gasteiger partial charge in [-0.05, 0) is 6.42 Å². The van der Waals surface area contributed by atoms with E-state index in [4.69, 9.17) is 0 Å². The van der Waals surface area contributed by atoms with Crippen LogP contribution in [0, 0.1) is 0 Å². The second-order valence-corrected chi connectivity index (χ2v) is 7.94. The van der Waals surface area contributed by atoms with Gasteiger partial charge >= 0.3 is 10.2 Å². The lowest BCUT2D eigenvalue weighted by Gasteiger charge is -2.15. The highest BCUT2D eigenvalue weighted by atomic mass is 32.3. The van der Waals surface area contributed by atoms with Crippen LogP contribution >= 0.6 is 0 Å². The van der Waals surface area contributed by atoms with E-state index in [9.17, 15) is 17.1 Å². The molecule has 0 spiro atoms. The molecule has 6 heteroatoms.